The predicted molar refractivity (Wildman–Crippen MR) is 105 cm³/mol. The van der Waals surface area contributed by atoms with Crippen LogP contribution in [0.25, 0.3) is 10.2 Å². The standard InChI is InChI=1S/C17H14N4O4S2/c1-3-8-20-12-5-4-11(18-10(2)22)9-14(12)27-17(20)19-16(23)13-6-7-15(26-13)21(24)25/h3-7,9H,1,8H2,2H3,(H,18,22). The van der Waals surface area contributed by atoms with Gasteiger partial charge in [-0.1, -0.05) is 28.7 Å². The molecular formula is C17H14N4O4S2. The lowest BCUT2D eigenvalue weighted by Crippen LogP contribution is -2.16. The molecule has 0 fully saturated rings. The molecule has 2 amide bonds. The maximum absolute atomic E-state index is 12.4. The number of anilines is 1. The van der Waals surface area contributed by atoms with Gasteiger partial charge in [0.1, 0.15) is 4.88 Å². The van der Waals surface area contributed by atoms with Crippen molar-refractivity contribution in [3.63, 3.8) is 0 Å². The van der Waals surface area contributed by atoms with Crippen LogP contribution in [0, 0.1) is 10.1 Å². The van der Waals surface area contributed by atoms with Crippen LogP contribution in [-0.4, -0.2) is 21.3 Å². The highest BCUT2D eigenvalue weighted by atomic mass is 32.1. The van der Waals surface area contributed by atoms with Crippen LogP contribution in [0.4, 0.5) is 10.7 Å². The summed E-state index contributed by atoms with van der Waals surface area (Å²) >= 11 is 2.08. The summed E-state index contributed by atoms with van der Waals surface area (Å²) in [6, 6.07) is 8.09. The van der Waals surface area contributed by atoms with E-state index in [-0.39, 0.29) is 15.8 Å². The monoisotopic (exact) mass is 402 g/mol. The van der Waals surface area contributed by atoms with E-state index >= 15 is 0 Å². The third-order valence-electron chi connectivity index (χ3n) is 3.49. The van der Waals surface area contributed by atoms with Crippen LogP contribution >= 0.6 is 22.7 Å². The summed E-state index contributed by atoms with van der Waals surface area (Å²) in [5.74, 6) is -0.719. The fourth-order valence-corrected chi connectivity index (χ4v) is 4.21. The predicted octanol–water partition coefficient (Wildman–Crippen LogP) is 3.56. The van der Waals surface area contributed by atoms with Crippen molar-refractivity contribution in [2.24, 2.45) is 4.99 Å². The highest BCUT2D eigenvalue weighted by Crippen LogP contribution is 2.25. The molecule has 27 heavy (non-hydrogen) atoms. The van der Waals surface area contributed by atoms with Crippen molar-refractivity contribution in [3.05, 3.63) is 62.8 Å². The van der Waals surface area contributed by atoms with Gasteiger partial charge in [0.25, 0.3) is 5.91 Å². The van der Waals surface area contributed by atoms with Gasteiger partial charge in [0.15, 0.2) is 4.80 Å². The molecule has 0 saturated heterocycles. The van der Waals surface area contributed by atoms with Crippen LogP contribution in [-0.2, 0) is 11.3 Å². The molecule has 10 heteroatoms. The molecular weight excluding hydrogens is 388 g/mol. The Balaban J connectivity index is 2.07. The van der Waals surface area contributed by atoms with Crippen LogP contribution < -0.4 is 10.1 Å². The Morgan fingerprint density at radius 1 is 1.33 bits per heavy atom. The van der Waals surface area contributed by atoms with Crippen molar-refractivity contribution in [1.82, 2.24) is 4.57 Å². The molecule has 3 aromatic rings. The Morgan fingerprint density at radius 2 is 2.11 bits per heavy atom. The molecule has 1 N–H and O–H groups in total. The van der Waals surface area contributed by atoms with Crippen LogP contribution in [0.5, 0.6) is 0 Å². The van der Waals surface area contributed by atoms with E-state index in [2.05, 4.69) is 16.9 Å². The first-order chi connectivity index (χ1) is 12.9. The number of hydrogen-bond acceptors (Lipinski definition) is 6. The molecule has 3 rings (SSSR count). The van der Waals surface area contributed by atoms with Gasteiger partial charge in [0.05, 0.1) is 15.1 Å². The second kappa shape index (κ2) is 7.64. The number of allylic oxidation sites excluding steroid dienone is 1. The smallest absolute Gasteiger partial charge is 0.324 e. The first kappa shape index (κ1) is 18.7. The molecule has 1 aromatic carbocycles. The zero-order valence-corrected chi connectivity index (χ0v) is 15.8. The Labute approximate surface area is 161 Å². The lowest BCUT2D eigenvalue weighted by atomic mass is 10.3. The van der Waals surface area contributed by atoms with Gasteiger partial charge in [-0.15, -0.1) is 6.58 Å². The molecule has 0 aliphatic rings. The molecule has 0 spiro atoms. The molecule has 2 heterocycles. The number of carbonyl (C=O) groups excluding carboxylic acids is 2. The average Bonchev–Trinajstić information content (AvgIpc) is 3.20. The minimum Gasteiger partial charge on any atom is -0.326 e. The largest absolute Gasteiger partial charge is 0.326 e. The summed E-state index contributed by atoms with van der Waals surface area (Å²) in [5, 5.41) is 13.4. The number of rotatable bonds is 5. The number of benzene rings is 1. The highest BCUT2D eigenvalue weighted by molar-refractivity contribution is 7.17. The molecule has 0 unspecified atom stereocenters. The van der Waals surface area contributed by atoms with Gasteiger partial charge >= 0.3 is 5.00 Å². The molecule has 138 valence electrons. The minimum atomic E-state index is -0.542. The van der Waals surface area contributed by atoms with Gasteiger partial charge in [-0.25, -0.2) is 0 Å². The number of thiophene rings is 1. The van der Waals surface area contributed by atoms with E-state index in [1.807, 2.05) is 10.6 Å². The number of thiazole rings is 1. The molecule has 0 radical (unpaired) electrons. The van der Waals surface area contributed by atoms with E-state index in [9.17, 15) is 19.7 Å². The van der Waals surface area contributed by atoms with E-state index in [4.69, 9.17) is 0 Å². The minimum absolute atomic E-state index is 0.108. The van der Waals surface area contributed by atoms with Crippen LogP contribution in [0.15, 0.2) is 48.0 Å². The second-order valence-electron chi connectivity index (χ2n) is 5.46. The number of fused-ring (bicyclic) bond motifs is 1. The molecule has 8 nitrogen and oxygen atoms in total. The Hall–Kier alpha value is -3.11. The normalized spacial score (nSPS) is 11.5. The van der Waals surface area contributed by atoms with Crippen LogP contribution in [0.2, 0.25) is 0 Å². The van der Waals surface area contributed by atoms with Crippen molar-refractivity contribution >= 4 is 55.4 Å². The Morgan fingerprint density at radius 3 is 2.74 bits per heavy atom. The highest BCUT2D eigenvalue weighted by Gasteiger charge is 2.15. The van der Waals surface area contributed by atoms with Crippen molar-refractivity contribution in [3.8, 4) is 0 Å². The summed E-state index contributed by atoms with van der Waals surface area (Å²) in [6.45, 7) is 5.60. The maximum Gasteiger partial charge on any atom is 0.324 e. The molecule has 0 aliphatic carbocycles. The summed E-state index contributed by atoms with van der Waals surface area (Å²) in [6.07, 6.45) is 1.69. The summed E-state index contributed by atoms with van der Waals surface area (Å²) in [4.78, 5) is 38.7. The number of nitrogens with one attached hydrogen (secondary N) is 1. The third kappa shape index (κ3) is 4.01. The molecule has 0 saturated carbocycles. The zero-order chi connectivity index (χ0) is 19.6. The number of aromatic nitrogens is 1. The second-order valence-corrected chi connectivity index (χ2v) is 7.53. The first-order valence-electron chi connectivity index (χ1n) is 7.74. The summed E-state index contributed by atoms with van der Waals surface area (Å²) in [5.41, 5.74) is 1.49. The number of carbonyl (C=O) groups is 2. The molecule has 2 aromatic heterocycles. The summed E-state index contributed by atoms with van der Waals surface area (Å²) in [7, 11) is 0. The van der Waals surface area contributed by atoms with Crippen LogP contribution in [0.1, 0.15) is 16.6 Å². The van der Waals surface area contributed by atoms with Gasteiger partial charge in [0.2, 0.25) is 5.91 Å². The number of amides is 2. The lowest BCUT2D eigenvalue weighted by Gasteiger charge is -2.03. The van der Waals surface area contributed by atoms with Gasteiger partial charge in [-0.2, -0.15) is 4.99 Å². The van der Waals surface area contributed by atoms with Crippen molar-refractivity contribution < 1.29 is 14.5 Å². The van der Waals surface area contributed by atoms with E-state index in [0.29, 0.717) is 17.0 Å². The average molecular weight is 402 g/mol. The SMILES string of the molecule is C=CCn1c(=NC(=O)c2ccc([N+](=O)[O-])s2)sc2cc(NC(C)=O)ccc21. The number of nitrogens with zero attached hydrogens (tertiary/aromatic N) is 3. The number of nitro groups is 1. The fraction of sp³-hybridized carbons (Fsp3) is 0.118. The fourth-order valence-electron chi connectivity index (χ4n) is 2.43. The first-order valence-corrected chi connectivity index (χ1v) is 9.37. The van der Waals surface area contributed by atoms with E-state index in [1.54, 1.807) is 18.2 Å². The van der Waals surface area contributed by atoms with Gasteiger partial charge in [0, 0.05) is 25.2 Å². The van der Waals surface area contributed by atoms with Crippen molar-refractivity contribution in [2.45, 2.75) is 13.5 Å². The third-order valence-corrected chi connectivity index (χ3v) is 5.56. The zero-order valence-electron chi connectivity index (χ0n) is 14.2. The van der Waals surface area contributed by atoms with Gasteiger partial charge < -0.3 is 9.88 Å². The van der Waals surface area contributed by atoms with Crippen molar-refractivity contribution in [1.29, 1.82) is 0 Å². The number of hydrogen-bond donors (Lipinski definition) is 1. The van der Waals surface area contributed by atoms with Gasteiger partial charge in [-0.3, -0.25) is 19.7 Å². The Kier molecular flexibility index (Phi) is 5.28. The summed E-state index contributed by atoms with van der Waals surface area (Å²) < 4.78 is 2.66. The van der Waals surface area contributed by atoms with E-state index < -0.39 is 10.8 Å². The Bertz CT molecular complexity index is 1140. The van der Waals surface area contributed by atoms with E-state index in [1.165, 1.54) is 30.4 Å². The van der Waals surface area contributed by atoms with Gasteiger partial charge in [-0.05, 0) is 24.3 Å². The lowest BCUT2D eigenvalue weighted by molar-refractivity contribution is -0.380. The van der Waals surface area contributed by atoms with Crippen molar-refractivity contribution in [2.75, 3.05) is 5.32 Å². The topological polar surface area (TPSA) is 107 Å². The molecule has 0 aliphatic heterocycles. The maximum atomic E-state index is 12.4. The quantitative estimate of drug-likeness (QED) is 0.400. The molecule has 0 atom stereocenters. The van der Waals surface area contributed by atoms with E-state index in [0.717, 1.165) is 21.6 Å². The van der Waals surface area contributed by atoms with Crippen LogP contribution in [0.3, 0.4) is 0 Å². The molecule has 0 bridgehead atoms.